The van der Waals surface area contributed by atoms with Gasteiger partial charge in [-0.2, -0.15) is 0 Å². The fraction of sp³-hybridized carbons (Fsp3) is 0.136. The van der Waals surface area contributed by atoms with Gasteiger partial charge in [0.15, 0.2) is 0 Å². The number of hydrogen-bond acceptors (Lipinski definition) is 5. The van der Waals surface area contributed by atoms with E-state index in [1.165, 1.54) is 4.90 Å². The number of amides is 1. The summed E-state index contributed by atoms with van der Waals surface area (Å²) in [5.41, 5.74) is 1.16. The molecule has 0 unspecified atom stereocenters. The van der Waals surface area contributed by atoms with Crippen LogP contribution in [0, 0.1) is 0 Å². The van der Waals surface area contributed by atoms with Gasteiger partial charge < -0.3 is 0 Å². The molecule has 0 saturated heterocycles. The summed E-state index contributed by atoms with van der Waals surface area (Å²) in [6.45, 7) is 0.510. The number of fused-ring (bicyclic) bond motifs is 1. The average molecular weight is 471 g/mol. The van der Waals surface area contributed by atoms with Gasteiger partial charge in [-0.25, -0.2) is 0 Å². The van der Waals surface area contributed by atoms with Crippen molar-refractivity contribution in [3.8, 4) is 0 Å². The zero-order valence-corrected chi connectivity index (χ0v) is 18.1. The van der Waals surface area contributed by atoms with Crippen LogP contribution in [0.15, 0.2) is 76.8 Å². The maximum absolute atomic E-state index is 12.4. The Morgan fingerprint density at radius 1 is 1.07 bits per heavy atom. The van der Waals surface area contributed by atoms with Crippen LogP contribution in [0.1, 0.15) is 15.9 Å². The van der Waals surface area contributed by atoms with E-state index >= 15 is 0 Å². The Labute approximate surface area is 178 Å². The molecule has 0 fully saturated rings. The number of rotatable bonds is 9. The molecule has 2 N–H and O–H groups in total. The minimum absolute atomic E-state index is 0.00778. The number of benzene rings is 3. The number of aldehydes is 1. The van der Waals surface area contributed by atoms with E-state index in [9.17, 15) is 14.8 Å². The SMILES string of the molecule is O=Cc1c(C/C(=N\O)C(=O)NCC[Se]Sc2ccccc2)ccc2ccccc12. The third-order valence-corrected chi connectivity index (χ3v) is 8.47. The van der Waals surface area contributed by atoms with Gasteiger partial charge in [-0.15, -0.1) is 0 Å². The van der Waals surface area contributed by atoms with Crippen molar-refractivity contribution in [3.05, 3.63) is 77.9 Å². The quantitative estimate of drug-likeness (QED) is 0.124. The van der Waals surface area contributed by atoms with E-state index in [0.29, 0.717) is 31.5 Å². The molecule has 3 aromatic carbocycles. The normalized spacial score (nSPS) is 11.4. The molecule has 0 aliphatic carbocycles. The molecule has 29 heavy (non-hydrogen) atoms. The Balaban J connectivity index is 1.56. The van der Waals surface area contributed by atoms with Crippen LogP contribution < -0.4 is 5.32 Å². The summed E-state index contributed by atoms with van der Waals surface area (Å²) in [6.07, 6.45) is 0.874. The Hall–Kier alpha value is -2.60. The molecule has 0 aliphatic rings. The number of hydrogen-bond donors (Lipinski definition) is 2. The number of oxime groups is 1. The molecule has 0 radical (unpaired) electrons. The van der Waals surface area contributed by atoms with Crippen molar-refractivity contribution in [3.63, 3.8) is 0 Å². The van der Waals surface area contributed by atoms with Gasteiger partial charge in [0, 0.05) is 0 Å². The van der Waals surface area contributed by atoms with Gasteiger partial charge in [0.05, 0.1) is 0 Å². The molecule has 148 valence electrons. The fourth-order valence-electron chi connectivity index (χ4n) is 2.87. The summed E-state index contributed by atoms with van der Waals surface area (Å²) in [7, 11) is 1.79. The van der Waals surface area contributed by atoms with Crippen molar-refractivity contribution in [1.29, 1.82) is 0 Å². The molecule has 0 atom stereocenters. The third kappa shape index (κ3) is 5.70. The molecular formula is C22H20N2O3SSe. The second-order valence-electron chi connectivity index (χ2n) is 6.18. The van der Waals surface area contributed by atoms with E-state index in [1.54, 1.807) is 16.2 Å². The molecule has 7 heteroatoms. The van der Waals surface area contributed by atoms with Gasteiger partial charge in [-0.3, -0.25) is 0 Å². The van der Waals surface area contributed by atoms with E-state index in [0.717, 1.165) is 22.4 Å². The molecular weight excluding hydrogens is 451 g/mol. The van der Waals surface area contributed by atoms with E-state index in [2.05, 4.69) is 22.6 Å². The molecule has 0 aromatic heterocycles. The first-order valence-electron chi connectivity index (χ1n) is 9.02. The van der Waals surface area contributed by atoms with Crippen LogP contribution in [0.2, 0.25) is 5.32 Å². The summed E-state index contributed by atoms with van der Waals surface area (Å²) in [5.74, 6) is -0.419. The number of nitrogens with zero attached hydrogens (tertiary/aromatic N) is 1. The zero-order valence-electron chi connectivity index (χ0n) is 15.6. The monoisotopic (exact) mass is 472 g/mol. The molecule has 3 aromatic rings. The second-order valence-corrected chi connectivity index (χ2v) is 10.4. The van der Waals surface area contributed by atoms with Crippen LogP contribution in [-0.2, 0) is 11.2 Å². The number of nitrogens with one attached hydrogen (secondary N) is 1. The fourth-order valence-corrected chi connectivity index (χ4v) is 6.26. The summed E-state index contributed by atoms with van der Waals surface area (Å²) < 4.78 is 0. The van der Waals surface area contributed by atoms with E-state index in [1.807, 2.05) is 48.5 Å². The van der Waals surface area contributed by atoms with Crippen molar-refractivity contribution >= 4 is 52.7 Å². The van der Waals surface area contributed by atoms with E-state index in [4.69, 9.17) is 0 Å². The van der Waals surface area contributed by atoms with Gasteiger partial charge in [0.2, 0.25) is 0 Å². The Morgan fingerprint density at radius 2 is 1.83 bits per heavy atom. The molecule has 0 heterocycles. The minimum atomic E-state index is -0.419. The predicted molar refractivity (Wildman–Crippen MR) is 118 cm³/mol. The maximum atomic E-state index is 12.4. The molecule has 0 saturated carbocycles. The van der Waals surface area contributed by atoms with Crippen LogP contribution in [0.25, 0.3) is 10.8 Å². The molecule has 0 spiro atoms. The number of carbonyl (C=O) groups is 2. The van der Waals surface area contributed by atoms with Crippen molar-refractivity contribution in [2.24, 2.45) is 5.16 Å². The second kappa shape index (κ2) is 10.8. The van der Waals surface area contributed by atoms with Crippen LogP contribution in [0.4, 0.5) is 0 Å². The van der Waals surface area contributed by atoms with Crippen molar-refractivity contribution in [2.75, 3.05) is 6.54 Å². The van der Waals surface area contributed by atoms with Crippen molar-refractivity contribution < 1.29 is 14.8 Å². The van der Waals surface area contributed by atoms with Crippen molar-refractivity contribution in [1.82, 2.24) is 5.32 Å². The Kier molecular flexibility index (Phi) is 7.87. The topological polar surface area (TPSA) is 78.8 Å². The van der Waals surface area contributed by atoms with E-state index < -0.39 is 5.91 Å². The summed E-state index contributed by atoms with van der Waals surface area (Å²) in [4.78, 5) is 25.2. The molecule has 0 bridgehead atoms. The Morgan fingerprint density at radius 3 is 2.59 bits per heavy atom. The van der Waals surface area contributed by atoms with Crippen molar-refractivity contribution in [2.45, 2.75) is 16.6 Å². The van der Waals surface area contributed by atoms with Gasteiger partial charge in [-0.1, -0.05) is 0 Å². The molecule has 1 amide bonds. The average Bonchev–Trinajstić information content (AvgIpc) is 2.77. The van der Waals surface area contributed by atoms with Gasteiger partial charge in [0.25, 0.3) is 0 Å². The third-order valence-electron chi connectivity index (χ3n) is 4.29. The van der Waals surface area contributed by atoms with Gasteiger partial charge >= 0.3 is 179 Å². The first kappa shape index (κ1) is 21.1. The van der Waals surface area contributed by atoms with Gasteiger partial charge in [-0.05, 0) is 0 Å². The molecule has 3 rings (SSSR count). The first-order chi connectivity index (χ1) is 14.2. The summed E-state index contributed by atoms with van der Waals surface area (Å²) in [6, 6.07) is 21.4. The molecule has 5 nitrogen and oxygen atoms in total. The first-order valence-corrected chi connectivity index (χ1v) is 13.1. The Bertz CT molecular complexity index is 1030. The van der Waals surface area contributed by atoms with Gasteiger partial charge in [0.1, 0.15) is 0 Å². The molecule has 0 aliphatic heterocycles. The number of carbonyl (C=O) groups excluding carboxylic acids is 2. The van der Waals surface area contributed by atoms with Crippen LogP contribution in [-0.4, -0.2) is 43.5 Å². The zero-order chi connectivity index (χ0) is 20.5. The summed E-state index contributed by atoms with van der Waals surface area (Å²) in [5, 5.41) is 17.9. The van der Waals surface area contributed by atoms with Crippen LogP contribution >= 0.6 is 10.2 Å². The van der Waals surface area contributed by atoms with Crippen LogP contribution in [0.5, 0.6) is 0 Å². The van der Waals surface area contributed by atoms with Crippen LogP contribution in [0.3, 0.4) is 0 Å². The van der Waals surface area contributed by atoms with E-state index in [-0.39, 0.29) is 12.1 Å². The summed E-state index contributed by atoms with van der Waals surface area (Å²) >= 11 is 0.300. The predicted octanol–water partition coefficient (Wildman–Crippen LogP) is 3.97. The standard InChI is InChI=1S/C22H20N2O3SSe/c25-15-20-17(11-10-16-6-4-5-9-19(16)20)14-21(24-27)22(26)23-12-13-29-28-18-7-2-1-3-8-18/h1-11,15,27H,12-14H2,(H,23,26)/b24-21+.